The second kappa shape index (κ2) is 6.73. The van der Waals surface area contributed by atoms with Crippen molar-refractivity contribution in [2.75, 3.05) is 7.05 Å². The lowest BCUT2D eigenvalue weighted by atomic mass is 9.46. The number of Topliss-reactive ketones (excluding diaryl/α,β-unsaturated/α-hetero) is 1. The number of likely N-dealkylation sites (N-methyl/N-ethyl adjacent to an activating group) is 1. The van der Waals surface area contributed by atoms with Crippen LogP contribution in [0.1, 0.15) is 40.0 Å². The van der Waals surface area contributed by atoms with Gasteiger partial charge in [-0.3, -0.25) is 14.4 Å². The largest absolute Gasteiger partial charge is 0.391 e. The molecule has 0 aromatic heterocycles. The predicted molar refractivity (Wildman–Crippen MR) is 110 cm³/mol. The summed E-state index contributed by atoms with van der Waals surface area (Å²) in [6.07, 6.45) is 2.98. The van der Waals surface area contributed by atoms with Crippen LogP contribution in [0.3, 0.4) is 0 Å². The number of aliphatic hydroxyl groups excluding tert-OH is 1. The zero-order valence-corrected chi connectivity index (χ0v) is 18.5. The van der Waals surface area contributed by atoms with Crippen LogP contribution in [0.15, 0.2) is 23.8 Å². The highest BCUT2D eigenvalue weighted by Crippen LogP contribution is 2.70. The van der Waals surface area contributed by atoms with Gasteiger partial charge in [0.2, 0.25) is 5.78 Å². The van der Waals surface area contributed by atoms with Crippen molar-refractivity contribution >= 4 is 29.1 Å². The van der Waals surface area contributed by atoms with E-state index in [2.05, 4.69) is 5.32 Å². The molecule has 3 fully saturated rings. The highest BCUT2D eigenvalue weighted by Gasteiger charge is 2.72. The van der Waals surface area contributed by atoms with Crippen LogP contribution >= 0.6 is 11.6 Å². The van der Waals surface area contributed by atoms with E-state index in [1.54, 1.807) is 13.0 Å². The number of nitrogens with one attached hydrogen (secondary N) is 1. The Balaban J connectivity index is 1.81. The third-order valence-corrected chi connectivity index (χ3v) is 9.63. The van der Waals surface area contributed by atoms with Crippen LogP contribution in [-0.4, -0.2) is 46.8 Å². The molecule has 0 heterocycles. The Bertz CT molecular complexity index is 886. The van der Waals surface area contributed by atoms with Crippen molar-refractivity contribution in [1.82, 2.24) is 5.32 Å². The van der Waals surface area contributed by atoms with E-state index in [9.17, 15) is 19.5 Å². The standard InChI is InChI=1S/C23H29ClFNO4/c1-11-7-13-14-9-16(25)15-8-12(27)5-6-22(15,3)23(14,24)17(28)10-21(13,2)18(11)19(29)20(30)26-4/h5-6,8,11,13-14,16-18,28H,7,9-10H2,1-4H3,(H,26,30)/t11-,13+,14+,16+,17+,18-,21+,22+,23+/m1/s1. The summed E-state index contributed by atoms with van der Waals surface area (Å²) >= 11 is 7.26. The maximum atomic E-state index is 15.4. The number of halogens is 2. The Morgan fingerprint density at radius 2 is 1.93 bits per heavy atom. The van der Waals surface area contributed by atoms with E-state index in [1.807, 2.05) is 13.8 Å². The number of ketones is 2. The molecule has 0 aromatic rings. The number of rotatable bonds is 2. The van der Waals surface area contributed by atoms with Crippen LogP contribution in [0.5, 0.6) is 0 Å². The normalized spacial score (nSPS) is 49.6. The second-order valence-corrected chi connectivity index (χ2v) is 10.7. The Kier molecular flexibility index (Phi) is 4.87. The van der Waals surface area contributed by atoms with Gasteiger partial charge >= 0.3 is 0 Å². The van der Waals surface area contributed by atoms with E-state index in [0.717, 1.165) is 0 Å². The summed E-state index contributed by atoms with van der Waals surface area (Å²) in [6, 6.07) is 0. The molecular formula is C23H29ClFNO4. The van der Waals surface area contributed by atoms with E-state index in [1.165, 1.54) is 19.2 Å². The molecule has 5 nitrogen and oxygen atoms in total. The van der Waals surface area contributed by atoms with Crippen molar-refractivity contribution in [3.63, 3.8) is 0 Å². The number of fused-ring (bicyclic) bond motifs is 5. The van der Waals surface area contributed by atoms with E-state index in [-0.39, 0.29) is 30.5 Å². The van der Waals surface area contributed by atoms with Crippen LogP contribution in [-0.2, 0) is 14.4 Å². The van der Waals surface area contributed by atoms with Crippen LogP contribution in [0.4, 0.5) is 4.39 Å². The van der Waals surface area contributed by atoms with Gasteiger partial charge in [-0.2, -0.15) is 0 Å². The maximum Gasteiger partial charge on any atom is 0.287 e. The number of hydrogen-bond acceptors (Lipinski definition) is 4. The molecule has 2 N–H and O–H groups in total. The molecule has 30 heavy (non-hydrogen) atoms. The first-order valence-electron chi connectivity index (χ1n) is 10.6. The third kappa shape index (κ3) is 2.52. The van der Waals surface area contributed by atoms with Gasteiger partial charge in [0.15, 0.2) is 5.78 Å². The van der Waals surface area contributed by atoms with Crippen molar-refractivity contribution in [1.29, 1.82) is 0 Å². The number of allylic oxidation sites excluding steroid dienone is 4. The molecule has 0 aromatic carbocycles. The molecule has 0 aliphatic heterocycles. The zero-order valence-electron chi connectivity index (χ0n) is 17.7. The summed E-state index contributed by atoms with van der Waals surface area (Å²) in [6.45, 7) is 5.68. The SMILES string of the molecule is CNC(=O)C(=O)[C@H]1[C@H](C)C[C@H]2[C@@H]3C[C@H](F)C4=CC(=O)C=C[C@]4(C)[C@@]3(Cl)[C@@H](O)C[C@@]21C. The fraction of sp³-hybridized carbons (Fsp3) is 0.696. The summed E-state index contributed by atoms with van der Waals surface area (Å²) in [5.41, 5.74) is -1.33. The molecule has 0 saturated heterocycles. The quantitative estimate of drug-likeness (QED) is 0.514. The van der Waals surface area contributed by atoms with Gasteiger partial charge in [0.05, 0.1) is 11.0 Å². The molecule has 3 saturated carbocycles. The minimum Gasteiger partial charge on any atom is -0.391 e. The highest BCUT2D eigenvalue weighted by atomic mass is 35.5. The first-order chi connectivity index (χ1) is 13.9. The van der Waals surface area contributed by atoms with Gasteiger partial charge in [-0.05, 0) is 60.2 Å². The third-order valence-electron chi connectivity index (χ3n) is 8.70. The lowest BCUT2D eigenvalue weighted by Gasteiger charge is -2.63. The Labute approximate surface area is 181 Å². The van der Waals surface area contributed by atoms with Gasteiger partial charge in [0, 0.05) is 18.4 Å². The van der Waals surface area contributed by atoms with Crippen LogP contribution in [0, 0.1) is 34.5 Å². The topological polar surface area (TPSA) is 83.5 Å². The first kappa shape index (κ1) is 21.7. The van der Waals surface area contributed by atoms with Gasteiger partial charge in [0.1, 0.15) is 6.17 Å². The van der Waals surface area contributed by atoms with E-state index in [0.29, 0.717) is 12.0 Å². The van der Waals surface area contributed by atoms with Crippen molar-refractivity contribution in [3.05, 3.63) is 23.8 Å². The van der Waals surface area contributed by atoms with Crippen molar-refractivity contribution < 1.29 is 23.9 Å². The van der Waals surface area contributed by atoms with E-state index < -0.39 is 51.5 Å². The lowest BCUT2D eigenvalue weighted by molar-refractivity contribution is -0.148. The summed E-state index contributed by atoms with van der Waals surface area (Å²) in [4.78, 5) is 35.8. The van der Waals surface area contributed by atoms with Gasteiger partial charge < -0.3 is 10.4 Å². The van der Waals surface area contributed by atoms with Crippen LogP contribution in [0.25, 0.3) is 0 Å². The van der Waals surface area contributed by atoms with Gasteiger partial charge in [-0.25, -0.2) is 4.39 Å². The number of carbonyl (C=O) groups is 3. The molecule has 164 valence electrons. The molecule has 4 rings (SSSR count). The van der Waals surface area contributed by atoms with Gasteiger partial charge in [-0.15, -0.1) is 11.6 Å². The minimum atomic E-state index is -1.35. The summed E-state index contributed by atoms with van der Waals surface area (Å²) in [5, 5.41) is 13.8. The monoisotopic (exact) mass is 437 g/mol. The van der Waals surface area contributed by atoms with E-state index in [4.69, 9.17) is 11.6 Å². The minimum absolute atomic E-state index is 0.0812. The molecule has 1 amide bonds. The second-order valence-electron chi connectivity index (χ2n) is 10.1. The van der Waals surface area contributed by atoms with E-state index >= 15 is 4.39 Å². The summed E-state index contributed by atoms with van der Waals surface area (Å²) < 4.78 is 15.4. The maximum absolute atomic E-state index is 15.4. The molecule has 0 radical (unpaired) electrons. The first-order valence-corrected chi connectivity index (χ1v) is 11.0. The molecule has 9 atom stereocenters. The number of aliphatic hydroxyl groups is 1. The van der Waals surface area contributed by atoms with Crippen molar-refractivity contribution in [2.45, 2.75) is 57.2 Å². The zero-order chi connectivity index (χ0) is 22.2. The smallest absolute Gasteiger partial charge is 0.287 e. The van der Waals surface area contributed by atoms with Crippen molar-refractivity contribution in [3.8, 4) is 0 Å². The van der Waals surface area contributed by atoms with Gasteiger partial charge in [0.25, 0.3) is 5.91 Å². The molecule has 0 unspecified atom stereocenters. The molecule has 4 aliphatic carbocycles. The fourth-order valence-corrected chi connectivity index (χ4v) is 7.88. The predicted octanol–water partition coefficient (Wildman–Crippen LogP) is 2.75. The number of alkyl halides is 2. The summed E-state index contributed by atoms with van der Waals surface area (Å²) in [5.74, 6) is -2.53. The average molecular weight is 438 g/mol. The molecular weight excluding hydrogens is 409 g/mol. The number of amides is 1. The van der Waals surface area contributed by atoms with Crippen LogP contribution < -0.4 is 5.32 Å². The lowest BCUT2D eigenvalue weighted by Crippen LogP contribution is -2.67. The molecule has 0 spiro atoms. The molecule has 0 bridgehead atoms. The Hall–Kier alpha value is -1.53. The average Bonchev–Trinajstić information content (AvgIpc) is 2.94. The van der Waals surface area contributed by atoms with Crippen molar-refractivity contribution in [2.24, 2.45) is 34.5 Å². The number of carbonyl (C=O) groups excluding carboxylic acids is 3. The fourth-order valence-electron chi connectivity index (χ4n) is 7.39. The molecule has 4 aliphatic rings. The Morgan fingerprint density at radius 3 is 2.57 bits per heavy atom. The molecule has 7 heteroatoms. The van der Waals surface area contributed by atoms with Crippen LogP contribution in [0.2, 0.25) is 0 Å². The summed E-state index contributed by atoms with van der Waals surface area (Å²) in [7, 11) is 1.43. The highest BCUT2D eigenvalue weighted by molar-refractivity contribution is 6.37. The number of hydrogen-bond donors (Lipinski definition) is 2. The van der Waals surface area contributed by atoms with Gasteiger partial charge in [-0.1, -0.05) is 26.8 Å². The Morgan fingerprint density at radius 1 is 1.27 bits per heavy atom.